The molecule has 0 amide bonds. The summed E-state index contributed by atoms with van der Waals surface area (Å²) in [6, 6.07) is 0. The minimum absolute atomic E-state index is 0.359. The van der Waals surface area contributed by atoms with Crippen molar-refractivity contribution in [2.45, 2.75) is 49.1 Å². The maximum absolute atomic E-state index is 2.75. The summed E-state index contributed by atoms with van der Waals surface area (Å²) in [7, 11) is -0.749. The zero-order valence-corrected chi connectivity index (χ0v) is 21.6. The minimum Gasteiger partial charge on any atom is -0.191 e. The Morgan fingerprint density at radius 3 is 2.33 bits per heavy atom. The lowest BCUT2D eigenvalue weighted by Gasteiger charge is -2.34. The first-order valence-corrected chi connectivity index (χ1v) is 25.4. The Morgan fingerprint density at radius 1 is 0.889 bits per heavy atom. The highest BCUT2D eigenvalue weighted by Gasteiger charge is 2.40. The third kappa shape index (κ3) is 5.89. The van der Waals surface area contributed by atoms with Gasteiger partial charge in [-0.2, -0.15) is 81.1 Å². The second-order valence-electron chi connectivity index (χ2n) is 6.04. The van der Waals surface area contributed by atoms with Crippen molar-refractivity contribution in [1.82, 2.24) is 0 Å². The molecule has 0 spiro atoms. The Hall–Kier alpha value is 3.98. The van der Waals surface area contributed by atoms with Crippen molar-refractivity contribution < 1.29 is 0 Å². The predicted molar refractivity (Wildman–Crippen MR) is 119 cm³/mol. The normalized spacial score (nSPS) is 35.3. The van der Waals surface area contributed by atoms with Crippen LogP contribution in [0, 0.1) is 23.7 Å². The summed E-state index contributed by atoms with van der Waals surface area (Å²) in [5.74, 6) is 4.53. The molecule has 2 fully saturated rings. The van der Waals surface area contributed by atoms with E-state index < -0.39 is 0 Å². The van der Waals surface area contributed by atoms with Crippen LogP contribution in [-0.2, 0) is 0 Å². The van der Waals surface area contributed by atoms with Crippen molar-refractivity contribution in [3.63, 3.8) is 0 Å². The van der Waals surface area contributed by atoms with Gasteiger partial charge in [0.2, 0.25) is 0 Å². The Labute approximate surface area is 165 Å². The molecule has 0 nitrogen and oxygen atoms in total. The first-order chi connectivity index (χ1) is 8.56. The van der Waals surface area contributed by atoms with Crippen LogP contribution in [-0.4, -0.2) is 15.2 Å². The second kappa shape index (κ2) is 9.32. The monoisotopic (exact) mass is 726 g/mol. The Balaban J connectivity index is 1.79. The van der Waals surface area contributed by atoms with Crippen molar-refractivity contribution in [3.8, 4) is 0 Å². The summed E-state index contributed by atoms with van der Waals surface area (Å²) in [5, 5.41) is 3.19. The van der Waals surface area contributed by atoms with E-state index in [1.807, 2.05) is 0 Å². The number of hydrogen-bond acceptors (Lipinski definition) is 0. The second-order valence-corrected chi connectivity index (χ2v) is 41.0. The van der Waals surface area contributed by atoms with Gasteiger partial charge in [-0.1, -0.05) is 29.8 Å². The zero-order valence-electron chi connectivity index (χ0n) is 10.6. The fourth-order valence-corrected chi connectivity index (χ4v) is 12.0. The fraction of sp³-hybridized carbons (Fsp3) is 1.00. The predicted octanol–water partition coefficient (Wildman–Crippen LogP) is 6.54. The molecule has 0 aromatic heterocycles. The minimum atomic E-state index is -0.389. The molecule has 0 radical (unpaired) electrons. The highest BCUT2D eigenvalue weighted by Crippen LogP contribution is 2.50. The van der Waals surface area contributed by atoms with Crippen LogP contribution in [0.2, 0.25) is 10.6 Å². The summed E-state index contributed by atoms with van der Waals surface area (Å²) in [4.78, 5) is 0. The molecule has 0 aromatic rings. The SMILES string of the molecule is [I][Al]([I])[CH2]CC1CCC2C(CCC2[CH2][Al]([I])[I])C1. The van der Waals surface area contributed by atoms with Gasteiger partial charge in [-0.05, 0) is 42.9 Å². The van der Waals surface area contributed by atoms with Crippen LogP contribution >= 0.6 is 81.1 Å². The van der Waals surface area contributed by atoms with E-state index in [1.54, 1.807) is 49.1 Å². The number of fused-ring (bicyclic) bond motifs is 1. The van der Waals surface area contributed by atoms with Gasteiger partial charge in [-0.15, -0.1) is 0 Å². The maximum atomic E-state index is 2.75. The highest BCUT2D eigenvalue weighted by molar-refractivity contribution is 14.3. The van der Waals surface area contributed by atoms with Gasteiger partial charge >= 0.3 is 15.2 Å². The topological polar surface area (TPSA) is 0 Å². The van der Waals surface area contributed by atoms with Crippen LogP contribution in [0.3, 0.4) is 0 Å². The molecule has 2 saturated carbocycles. The lowest BCUT2D eigenvalue weighted by molar-refractivity contribution is 0.179. The fourth-order valence-electron chi connectivity index (χ4n) is 4.12. The molecule has 2 rings (SSSR count). The van der Waals surface area contributed by atoms with Gasteiger partial charge in [0.15, 0.2) is 0 Å². The highest BCUT2D eigenvalue weighted by atomic mass is 127. The van der Waals surface area contributed by atoms with Gasteiger partial charge in [0.05, 0.1) is 0 Å². The molecular formula is C12H20Al2I4. The molecule has 2 aliphatic carbocycles. The van der Waals surface area contributed by atoms with Crippen molar-refractivity contribution in [1.29, 1.82) is 0 Å². The molecule has 0 saturated heterocycles. The maximum Gasteiger partial charge on any atom is 0.446 e. The van der Waals surface area contributed by atoms with Crippen molar-refractivity contribution >= 4 is 96.3 Å². The van der Waals surface area contributed by atoms with E-state index in [-0.39, 0.29) is 15.2 Å². The van der Waals surface area contributed by atoms with E-state index >= 15 is 0 Å². The van der Waals surface area contributed by atoms with Gasteiger partial charge in [0.25, 0.3) is 0 Å². The van der Waals surface area contributed by atoms with Crippen LogP contribution < -0.4 is 0 Å². The molecule has 0 aromatic carbocycles. The quantitative estimate of drug-likeness (QED) is 0.224. The lowest BCUT2D eigenvalue weighted by atomic mass is 9.73. The summed E-state index contributed by atoms with van der Waals surface area (Å²) in [5.41, 5.74) is 0. The largest absolute Gasteiger partial charge is 0.446 e. The number of hydrogen-bond donors (Lipinski definition) is 0. The third-order valence-electron chi connectivity index (χ3n) is 4.94. The van der Waals surface area contributed by atoms with E-state index in [4.69, 9.17) is 0 Å². The number of rotatable bonds is 5. The molecule has 4 atom stereocenters. The average molecular weight is 726 g/mol. The summed E-state index contributed by atoms with van der Waals surface area (Å²) in [6.07, 6.45) is 9.48. The van der Waals surface area contributed by atoms with E-state index in [2.05, 4.69) is 81.1 Å². The Bertz CT molecular complexity index is 262. The van der Waals surface area contributed by atoms with E-state index in [9.17, 15) is 0 Å². The molecule has 6 heteroatoms. The first-order valence-electron chi connectivity index (χ1n) is 7.12. The molecule has 0 heterocycles. The Morgan fingerprint density at radius 2 is 1.67 bits per heavy atom. The van der Waals surface area contributed by atoms with Gasteiger partial charge in [-0.25, -0.2) is 0 Å². The van der Waals surface area contributed by atoms with Crippen LogP contribution in [0.4, 0.5) is 0 Å². The van der Waals surface area contributed by atoms with Gasteiger partial charge < -0.3 is 0 Å². The molecule has 102 valence electrons. The Kier molecular flexibility index (Phi) is 9.49. The third-order valence-corrected chi connectivity index (χ3v) is 13.5. The lowest BCUT2D eigenvalue weighted by Crippen LogP contribution is -2.25. The van der Waals surface area contributed by atoms with Gasteiger partial charge in [-0.3, -0.25) is 0 Å². The van der Waals surface area contributed by atoms with Crippen LogP contribution in [0.1, 0.15) is 38.5 Å². The molecule has 18 heavy (non-hydrogen) atoms. The van der Waals surface area contributed by atoms with Crippen LogP contribution in [0.15, 0.2) is 0 Å². The van der Waals surface area contributed by atoms with Crippen LogP contribution in [0.5, 0.6) is 0 Å². The van der Waals surface area contributed by atoms with Crippen molar-refractivity contribution in [2.75, 3.05) is 0 Å². The summed E-state index contributed by atoms with van der Waals surface area (Å²) < 4.78 is 0. The first kappa shape index (κ1) is 18.3. The summed E-state index contributed by atoms with van der Waals surface area (Å²) in [6.45, 7) is 0. The average Bonchev–Trinajstić information content (AvgIpc) is 2.68. The van der Waals surface area contributed by atoms with E-state index in [0.717, 1.165) is 23.7 Å². The van der Waals surface area contributed by atoms with Gasteiger partial charge in [0, 0.05) is 0 Å². The van der Waals surface area contributed by atoms with Gasteiger partial charge in [0.1, 0.15) is 0 Å². The standard InChI is InChI=1S/C12H20.2Al.4HI/c1-3-10-5-7-12-9(2)4-6-11(12)8-10;;;;;;/h9-12H,1-8H2;;;4*1H/q;2*+2;;;;/p-4. The van der Waals surface area contributed by atoms with Crippen LogP contribution in [0.25, 0.3) is 0 Å². The van der Waals surface area contributed by atoms with E-state index in [0.29, 0.717) is 0 Å². The number of halogens is 4. The molecule has 0 N–H and O–H groups in total. The molecule has 4 unspecified atom stereocenters. The zero-order chi connectivity index (χ0) is 13.1. The molecule has 2 aliphatic rings. The smallest absolute Gasteiger partial charge is 0.191 e. The van der Waals surface area contributed by atoms with Crippen molar-refractivity contribution in [3.05, 3.63) is 0 Å². The molecular weight excluding hydrogens is 706 g/mol. The molecule has 0 aliphatic heterocycles. The molecule has 0 bridgehead atoms. The summed E-state index contributed by atoms with van der Waals surface area (Å²) >= 11 is 10.9. The van der Waals surface area contributed by atoms with E-state index in [1.165, 1.54) is 0 Å². The van der Waals surface area contributed by atoms with Crippen molar-refractivity contribution in [2.24, 2.45) is 23.7 Å².